The molecule has 0 saturated heterocycles. The average molecular weight is 556 g/mol. The number of nitrogens with zero attached hydrogens (tertiary/aromatic N) is 5. The van der Waals surface area contributed by atoms with Crippen molar-refractivity contribution < 1.29 is 9.59 Å². The van der Waals surface area contributed by atoms with E-state index < -0.39 is 0 Å². The van der Waals surface area contributed by atoms with E-state index in [0.717, 1.165) is 11.1 Å². The number of anilines is 4. The first-order valence-corrected chi connectivity index (χ1v) is 13.0. The Morgan fingerprint density at radius 1 is 0.738 bits per heavy atom. The van der Waals surface area contributed by atoms with Gasteiger partial charge in [0.2, 0.25) is 0 Å². The maximum atomic E-state index is 12.7. The highest BCUT2D eigenvalue weighted by atomic mass is 16.2. The number of fused-ring (bicyclic) bond motifs is 1. The molecule has 6 rings (SSSR count). The van der Waals surface area contributed by atoms with E-state index in [1.165, 1.54) is 6.33 Å². The van der Waals surface area contributed by atoms with E-state index in [1.54, 1.807) is 83.7 Å². The second kappa shape index (κ2) is 11.2. The molecule has 3 heterocycles. The molecule has 0 spiro atoms. The Labute approximate surface area is 240 Å². The summed E-state index contributed by atoms with van der Waals surface area (Å²) < 4.78 is 1.74. The number of para-hydroxylation sites is 2. The van der Waals surface area contributed by atoms with E-state index in [9.17, 15) is 9.59 Å². The van der Waals surface area contributed by atoms with Crippen LogP contribution in [0.2, 0.25) is 0 Å². The predicted molar refractivity (Wildman–Crippen MR) is 162 cm³/mol. The number of carbonyl (C=O) groups excluding carboxylic acids is 2. The molecule has 0 bridgehead atoms. The van der Waals surface area contributed by atoms with Gasteiger partial charge in [-0.05, 0) is 54.1 Å². The lowest BCUT2D eigenvalue weighted by atomic mass is 10.1. The molecule has 0 radical (unpaired) electrons. The fraction of sp³-hybridized carbons (Fsp3) is 0.0323. The molecule has 0 unspecified atom stereocenters. The molecular weight excluding hydrogens is 530 g/mol. The Hall–Kier alpha value is -6.10. The van der Waals surface area contributed by atoms with Crippen molar-refractivity contribution in [2.45, 2.75) is 6.54 Å². The Morgan fingerprint density at radius 2 is 1.43 bits per heavy atom. The maximum Gasteiger partial charge on any atom is 0.256 e. The van der Waals surface area contributed by atoms with Gasteiger partial charge in [0.05, 0.1) is 23.3 Å². The number of nitrogens with two attached hydrogens (primary N) is 2. The lowest BCUT2D eigenvalue weighted by molar-refractivity contribution is 0.101. The van der Waals surface area contributed by atoms with E-state index in [4.69, 9.17) is 16.6 Å². The van der Waals surface area contributed by atoms with Crippen LogP contribution in [0.4, 0.5) is 23.0 Å². The fourth-order valence-electron chi connectivity index (χ4n) is 4.49. The van der Waals surface area contributed by atoms with Crippen LogP contribution in [0, 0.1) is 0 Å². The summed E-state index contributed by atoms with van der Waals surface area (Å²) in [6, 6.07) is 26.6. The van der Waals surface area contributed by atoms with Crippen LogP contribution in [0.1, 0.15) is 26.3 Å². The molecular formula is C31H25N9O2. The molecule has 0 aliphatic carbocycles. The third-order valence-corrected chi connectivity index (χ3v) is 6.64. The standard InChI is InChI=1S/C31H25N9O2/c32-23-5-1-2-6-24(23)37-30(41)21-10-8-19(9-11-21)17-40-29-26(28(33)35-18-36-29)27(39-40)20-12-14-22(15-13-20)31(42)38-25-7-3-4-16-34-25/h1-16,18H,17,32H2,(H,37,41)(H2,33,35,36)(H,34,38,42). The Bertz CT molecular complexity index is 1900. The number of rotatable bonds is 7. The van der Waals surface area contributed by atoms with Crippen molar-refractivity contribution in [1.29, 1.82) is 0 Å². The van der Waals surface area contributed by atoms with Crippen LogP contribution in [0.15, 0.2) is 104 Å². The van der Waals surface area contributed by atoms with Crippen molar-refractivity contribution >= 4 is 45.9 Å². The third-order valence-electron chi connectivity index (χ3n) is 6.64. The minimum absolute atomic E-state index is 0.260. The van der Waals surface area contributed by atoms with Gasteiger partial charge in [0.15, 0.2) is 5.65 Å². The zero-order valence-electron chi connectivity index (χ0n) is 22.2. The van der Waals surface area contributed by atoms with Crippen molar-refractivity contribution in [3.63, 3.8) is 0 Å². The number of nitrogens with one attached hydrogen (secondary N) is 2. The van der Waals surface area contributed by atoms with Gasteiger partial charge >= 0.3 is 0 Å². The molecule has 42 heavy (non-hydrogen) atoms. The van der Waals surface area contributed by atoms with Crippen molar-refractivity contribution in [1.82, 2.24) is 24.7 Å². The fourth-order valence-corrected chi connectivity index (χ4v) is 4.49. The number of pyridine rings is 1. The first-order chi connectivity index (χ1) is 20.5. The minimum atomic E-state index is -0.275. The number of carbonyl (C=O) groups is 2. The number of nitrogen functional groups attached to an aromatic ring is 2. The number of amides is 2. The molecule has 11 nitrogen and oxygen atoms in total. The largest absolute Gasteiger partial charge is 0.397 e. The average Bonchev–Trinajstić information content (AvgIpc) is 3.38. The highest BCUT2D eigenvalue weighted by molar-refractivity contribution is 6.06. The summed E-state index contributed by atoms with van der Waals surface area (Å²) in [5, 5.41) is 11.0. The normalized spacial score (nSPS) is 10.9. The number of hydrogen-bond acceptors (Lipinski definition) is 8. The molecule has 0 aliphatic heterocycles. The van der Waals surface area contributed by atoms with Crippen LogP contribution in [0.3, 0.4) is 0 Å². The molecule has 0 atom stereocenters. The van der Waals surface area contributed by atoms with Gasteiger partial charge in [-0.15, -0.1) is 0 Å². The molecule has 206 valence electrons. The molecule has 11 heteroatoms. The van der Waals surface area contributed by atoms with E-state index in [-0.39, 0.29) is 11.8 Å². The summed E-state index contributed by atoms with van der Waals surface area (Å²) in [4.78, 5) is 38.1. The Morgan fingerprint density at radius 3 is 2.14 bits per heavy atom. The van der Waals surface area contributed by atoms with Gasteiger partial charge in [0.1, 0.15) is 23.7 Å². The van der Waals surface area contributed by atoms with Crippen molar-refractivity contribution in [3.05, 3.63) is 120 Å². The summed E-state index contributed by atoms with van der Waals surface area (Å²) in [5.74, 6) is 0.230. The van der Waals surface area contributed by atoms with Gasteiger partial charge in [-0.25, -0.2) is 19.6 Å². The van der Waals surface area contributed by atoms with E-state index in [1.807, 2.05) is 18.2 Å². The van der Waals surface area contributed by atoms with Crippen LogP contribution in [-0.2, 0) is 6.54 Å². The van der Waals surface area contributed by atoms with Crippen LogP contribution >= 0.6 is 0 Å². The zero-order chi connectivity index (χ0) is 29.1. The summed E-state index contributed by atoms with van der Waals surface area (Å²) in [6.45, 7) is 0.380. The molecule has 2 amide bonds. The first kappa shape index (κ1) is 26.1. The number of benzene rings is 3. The molecule has 6 aromatic rings. The van der Waals surface area contributed by atoms with Crippen molar-refractivity contribution in [2.24, 2.45) is 0 Å². The molecule has 0 aliphatic rings. The number of aromatic nitrogens is 5. The molecule has 3 aromatic carbocycles. The second-order valence-electron chi connectivity index (χ2n) is 9.45. The van der Waals surface area contributed by atoms with E-state index in [2.05, 4.69) is 25.6 Å². The molecule has 0 fully saturated rings. The van der Waals surface area contributed by atoms with Gasteiger partial charge in [0, 0.05) is 22.9 Å². The molecule has 0 saturated carbocycles. The summed E-state index contributed by atoms with van der Waals surface area (Å²) in [5.41, 5.74) is 17.0. The maximum absolute atomic E-state index is 12.7. The van der Waals surface area contributed by atoms with Crippen LogP contribution < -0.4 is 22.1 Å². The highest BCUT2D eigenvalue weighted by Gasteiger charge is 2.18. The highest BCUT2D eigenvalue weighted by Crippen LogP contribution is 2.31. The summed E-state index contributed by atoms with van der Waals surface area (Å²) >= 11 is 0. The SMILES string of the molecule is Nc1ccccc1NC(=O)c1ccc(Cn2nc(-c3ccc(C(=O)Nc4ccccn4)cc3)c3c(N)ncnc32)cc1. The van der Waals surface area contributed by atoms with Crippen LogP contribution in [0.25, 0.3) is 22.3 Å². The summed E-state index contributed by atoms with van der Waals surface area (Å²) in [6.07, 6.45) is 3.01. The van der Waals surface area contributed by atoms with Gasteiger partial charge in [-0.1, -0.05) is 42.5 Å². The zero-order valence-corrected chi connectivity index (χ0v) is 22.2. The van der Waals surface area contributed by atoms with Gasteiger partial charge in [0.25, 0.3) is 11.8 Å². The quantitative estimate of drug-likeness (QED) is 0.207. The first-order valence-electron chi connectivity index (χ1n) is 13.0. The molecule has 6 N–H and O–H groups in total. The second-order valence-corrected chi connectivity index (χ2v) is 9.45. The van der Waals surface area contributed by atoms with E-state index >= 15 is 0 Å². The topological polar surface area (TPSA) is 167 Å². The monoisotopic (exact) mass is 555 g/mol. The van der Waals surface area contributed by atoms with Crippen molar-refractivity contribution in [2.75, 3.05) is 22.1 Å². The Balaban J connectivity index is 1.23. The lowest BCUT2D eigenvalue weighted by Gasteiger charge is -2.09. The number of hydrogen-bond donors (Lipinski definition) is 4. The smallest absolute Gasteiger partial charge is 0.256 e. The van der Waals surface area contributed by atoms with Gasteiger partial charge in [-0.3, -0.25) is 9.59 Å². The van der Waals surface area contributed by atoms with Crippen LogP contribution in [-0.4, -0.2) is 36.5 Å². The minimum Gasteiger partial charge on any atom is -0.397 e. The third kappa shape index (κ3) is 5.34. The lowest BCUT2D eigenvalue weighted by Crippen LogP contribution is -2.13. The predicted octanol–water partition coefficient (Wildman–Crippen LogP) is 4.61. The summed E-state index contributed by atoms with van der Waals surface area (Å²) in [7, 11) is 0. The molecule has 3 aromatic heterocycles. The van der Waals surface area contributed by atoms with Gasteiger partial charge in [-0.2, -0.15) is 5.10 Å². The van der Waals surface area contributed by atoms with Crippen molar-refractivity contribution in [3.8, 4) is 11.3 Å². The van der Waals surface area contributed by atoms with E-state index in [0.29, 0.717) is 57.4 Å². The van der Waals surface area contributed by atoms with Gasteiger partial charge < -0.3 is 22.1 Å². The Kier molecular flexibility index (Phi) is 6.96. The van der Waals surface area contributed by atoms with Crippen LogP contribution in [0.5, 0.6) is 0 Å².